The summed E-state index contributed by atoms with van der Waals surface area (Å²) in [7, 11) is 0. The molecule has 0 aromatic heterocycles. The molecule has 0 aliphatic rings. The fourth-order valence-corrected chi connectivity index (χ4v) is 0.787. The number of carbonyl (C=O) groups is 1. The van der Waals surface area contributed by atoms with Gasteiger partial charge in [-0.05, 0) is 6.92 Å². The molecule has 0 aromatic carbocycles. The molecule has 0 heterocycles. The predicted molar refractivity (Wildman–Crippen MR) is 48.4 cm³/mol. The minimum Gasteiger partial charge on any atom is -0.380 e. The third-order valence-electron chi connectivity index (χ3n) is 1.38. The monoisotopic (exact) mass is 228 g/mol. The molecule has 0 rings (SSSR count). The standard InChI is InChI=1S/C8H15F3N2O2/c1-2-15-4-3-13-7(14)5-12-6-8(9,10)11/h12H,2-6H2,1H3,(H,13,14). The molecular weight excluding hydrogens is 213 g/mol. The van der Waals surface area contributed by atoms with Gasteiger partial charge in [0.1, 0.15) is 0 Å². The van der Waals surface area contributed by atoms with E-state index in [1.807, 2.05) is 12.2 Å². The summed E-state index contributed by atoms with van der Waals surface area (Å²) in [6.45, 7) is 1.52. The quantitative estimate of drug-likeness (QED) is 0.616. The molecular formula is C8H15F3N2O2. The van der Waals surface area contributed by atoms with Crippen LogP contribution in [0.3, 0.4) is 0 Å². The van der Waals surface area contributed by atoms with Gasteiger partial charge in [-0.1, -0.05) is 0 Å². The second-order valence-electron chi connectivity index (χ2n) is 2.77. The molecule has 0 radical (unpaired) electrons. The molecule has 2 N–H and O–H groups in total. The number of rotatable bonds is 7. The zero-order valence-electron chi connectivity index (χ0n) is 8.49. The van der Waals surface area contributed by atoms with E-state index >= 15 is 0 Å². The third-order valence-corrected chi connectivity index (χ3v) is 1.38. The van der Waals surface area contributed by atoms with Crippen LogP contribution < -0.4 is 10.6 Å². The Morgan fingerprint density at radius 3 is 2.60 bits per heavy atom. The fraction of sp³-hybridized carbons (Fsp3) is 0.875. The van der Waals surface area contributed by atoms with E-state index < -0.39 is 18.6 Å². The van der Waals surface area contributed by atoms with Crippen molar-refractivity contribution in [2.75, 3.05) is 32.8 Å². The van der Waals surface area contributed by atoms with E-state index in [1.54, 1.807) is 0 Å². The van der Waals surface area contributed by atoms with Crippen LogP contribution in [0.2, 0.25) is 0 Å². The fourth-order valence-electron chi connectivity index (χ4n) is 0.787. The van der Waals surface area contributed by atoms with Gasteiger partial charge in [-0.25, -0.2) is 0 Å². The van der Waals surface area contributed by atoms with Gasteiger partial charge < -0.3 is 15.4 Å². The Kier molecular flexibility index (Phi) is 7.06. The number of hydrogen-bond acceptors (Lipinski definition) is 3. The van der Waals surface area contributed by atoms with Gasteiger partial charge in [0.05, 0.1) is 19.7 Å². The van der Waals surface area contributed by atoms with Crippen LogP contribution in [0.25, 0.3) is 0 Å². The summed E-state index contributed by atoms with van der Waals surface area (Å²) in [5, 5.41) is 4.40. The highest BCUT2D eigenvalue weighted by atomic mass is 19.4. The largest absolute Gasteiger partial charge is 0.401 e. The maximum absolute atomic E-state index is 11.6. The molecule has 0 fully saturated rings. The molecule has 1 amide bonds. The maximum atomic E-state index is 11.6. The second-order valence-corrected chi connectivity index (χ2v) is 2.77. The number of amides is 1. The lowest BCUT2D eigenvalue weighted by molar-refractivity contribution is -0.128. The van der Waals surface area contributed by atoms with Crippen molar-refractivity contribution in [1.29, 1.82) is 0 Å². The predicted octanol–water partition coefficient (Wildman–Crippen LogP) is 0.291. The lowest BCUT2D eigenvalue weighted by Crippen LogP contribution is -2.39. The Hall–Kier alpha value is -0.820. The molecule has 15 heavy (non-hydrogen) atoms. The van der Waals surface area contributed by atoms with Crippen LogP contribution in [-0.2, 0) is 9.53 Å². The zero-order valence-corrected chi connectivity index (χ0v) is 8.49. The van der Waals surface area contributed by atoms with Gasteiger partial charge in [-0.15, -0.1) is 0 Å². The summed E-state index contributed by atoms with van der Waals surface area (Å²) < 4.78 is 39.9. The molecule has 4 nitrogen and oxygen atoms in total. The summed E-state index contributed by atoms with van der Waals surface area (Å²) in [6.07, 6.45) is -4.29. The molecule has 0 bridgehead atoms. The lowest BCUT2D eigenvalue weighted by atomic mass is 10.5. The first kappa shape index (κ1) is 14.2. The molecule has 0 saturated carbocycles. The van der Waals surface area contributed by atoms with E-state index in [2.05, 4.69) is 5.32 Å². The van der Waals surface area contributed by atoms with E-state index in [4.69, 9.17) is 4.74 Å². The smallest absolute Gasteiger partial charge is 0.380 e. The zero-order chi connectivity index (χ0) is 11.7. The second kappa shape index (κ2) is 7.47. The van der Waals surface area contributed by atoms with Crippen molar-refractivity contribution in [3.8, 4) is 0 Å². The van der Waals surface area contributed by atoms with Crippen molar-refractivity contribution in [1.82, 2.24) is 10.6 Å². The van der Waals surface area contributed by atoms with Gasteiger partial charge in [0, 0.05) is 13.2 Å². The number of halogens is 3. The van der Waals surface area contributed by atoms with E-state index in [9.17, 15) is 18.0 Å². The van der Waals surface area contributed by atoms with Crippen molar-refractivity contribution in [3.63, 3.8) is 0 Å². The molecule has 0 aliphatic heterocycles. The highest BCUT2D eigenvalue weighted by Crippen LogP contribution is 2.11. The molecule has 0 saturated heterocycles. The van der Waals surface area contributed by atoms with Gasteiger partial charge in [0.2, 0.25) is 5.91 Å². The summed E-state index contributed by atoms with van der Waals surface area (Å²) in [6, 6.07) is 0. The molecule has 7 heteroatoms. The Labute approximate surface area is 86.2 Å². The number of nitrogens with one attached hydrogen (secondary N) is 2. The average Bonchev–Trinajstić information content (AvgIpc) is 2.10. The van der Waals surface area contributed by atoms with Crippen LogP contribution in [0.15, 0.2) is 0 Å². The van der Waals surface area contributed by atoms with Crippen LogP contribution in [0.5, 0.6) is 0 Å². The van der Waals surface area contributed by atoms with Crippen LogP contribution in [0.1, 0.15) is 6.92 Å². The minimum absolute atomic E-state index is 0.306. The Morgan fingerprint density at radius 2 is 2.07 bits per heavy atom. The number of hydrogen-bond donors (Lipinski definition) is 2. The Morgan fingerprint density at radius 1 is 1.40 bits per heavy atom. The molecule has 0 aromatic rings. The Bertz CT molecular complexity index is 185. The Balaban J connectivity index is 3.34. The summed E-state index contributed by atoms with van der Waals surface area (Å²) >= 11 is 0. The maximum Gasteiger partial charge on any atom is 0.401 e. The van der Waals surface area contributed by atoms with Crippen LogP contribution >= 0.6 is 0 Å². The van der Waals surface area contributed by atoms with Crippen molar-refractivity contribution in [2.24, 2.45) is 0 Å². The number of carbonyl (C=O) groups excluding carboxylic acids is 1. The van der Waals surface area contributed by atoms with Gasteiger partial charge in [0.15, 0.2) is 0 Å². The van der Waals surface area contributed by atoms with Crippen LogP contribution in [-0.4, -0.2) is 44.9 Å². The SMILES string of the molecule is CCOCCNC(=O)CNCC(F)(F)F. The number of alkyl halides is 3. The molecule has 0 atom stereocenters. The van der Waals surface area contributed by atoms with Gasteiger partial charge in [-0.2, -0.15) is 13.2 Å². The summed E-state index contributed by atoms with van der Waals surface area (Å²) in [5.74, 6) is -0.473. The van der Waals surface area contributed by atoms with Gasteiger partial charge in [-0.3, -0.25) is 4.79 Å². The van der Waals surface area contributed by atoms with E-state index in [0.29, 0.717) is 19.8 Å². The van der Waals surface area contributed by atoms with Crippen molar-refractivity contribution in [2.45, 2.75) is 13.1 Å². The number of ether oxygens (including phenoxy) is 1. The van der Waals surface area contributed by atoms with Crippen molar-refractivity contribution >= 4 is 5.91 Å². The van der Waals surface area contributed by atoms with E-state index in [-0.39, 0.29) is 6.54 Å². The van der Waals surface area contributed by atoms with Gasteiger partial charge >= 0.3 is 6.18 Å². The summed E-state index contributed by atoms with van der Waals surface area (Å²) in [4.78, 5) is 10.9. The van der Waals surface area contributed by atoms with E-state index in [1.165, 1.54) is 0 Å². The highest BCUT2D eigenvalue weighted by Gasteiger charge is 2.26. The van der Waals surface area contributed by atoms with Gasteiger partial charge in [0.25, 0.3) is 0 Å². The highest BCUT2D eigenvalue weighted by molar-refractivity contribution is 5.77. The first-order valence-electron chi connectivity index (χ1n) is 4.57. The van der Waals surface area contributed by atoms with Crippen molar-refractivity contribution < 1.29 is 22.7 Å². The molecule has 0 unspecified atom stereocenters. The third kappa shape index (κ3) is 11.1. The topological polar surface area (TPSA) is 50.4 Å². The normalized spacial score (nSPS) is 11.5. The molecule has 90 valence electrons. The molecule has 0 aliphatic carbocycles. The van der Waals surface area contributed by atoms with E-state index in [0.717, 1.165) is 0 Å². The average molecular weight is 228 g/mol. The van der Waals surface area contributed by atoms with Crippen LogP contribution in [0.4, 0.5) is 13.2 Å². The van der Waals surface area contributed by atoms with Crippen molar-refractivity contribution in [3.05, 3.63) is 0 Å². The minimum atomic E-state index is -4.29. The first-order valence-corrected chi connectivity index (χ1v) is 4.57. The van der Waals surface area contributed by atoms with Crippen LogP contribution in [0, 0.1) is 0 Å². The summed E-state index contributed by atoms with van der Waals surface area (Å²) in [5.41, 5.74) is 0. The molecule has 0 spiro atoms. The lowest BCUT2D eigenvalue weighted by Gasteiger charge is -2.08. The first-order chi connectivity index (χ1) is 6.95.